The number of ether oxygens (including phenoxy) is 2. The molecule has 0 aliphatic carbocycles. The molecule has 0 bridgehead atoms. The maximum Gasteiger partial charge on any atom is 0.392 e. The molecule has 0 amide bonds. The second-order valence-corrected chi connectivity index (χ2v) is 5.71. The van der Waals surface area contributed by atoms with E-state index in [2.05, 4.69) is 6.58 Å². The third-order valence-electron chi connectivity index (χ3n) is 3.60. The Balaban J connectivity index is 0. The van der Waals surface area contributed by atoms with Crippen LogP contribution in [-0.2, 0) is 14.3 Å². The fourth-order valence-electron chi connectivity index (χ4n) is 2.43. The van der Waals surface area contributed by atoms with Gasteiger partial charge in [-0.05, 0) is 37.0 Å². The third-order valence-corrected chi connectivity index (χ3v) is 3.60. The quantitative estimate of drug-likeness (QED) is 0.228. The lowest BCUT2D eigenvalue weighted by atomic mass is 9.93. The first-order valence-electron chi connectivity index (χ1n) is 10.1. The molecule has 7 heteroatoms. The number of nitrogens with two attached hydrogens (primary N) is 1. The highest BCUT2D eigenvalue weighted by Crippen LogP contribution is 2.30. The summed E-state index contributed by atoms with van der Waals surface area (Å²) in [7, 11) is 1.48. The molecule has 0 aliphatic rings. The van der Waals surface area contributed by atoms with E-state index in [1.807, 2.05) is 26.8 Å². The average Bonchev–Trinajstić information content (AvgIpc) is 2.70. The van der Waals surface area contributed by atoms with Crippen LogP contribution in [0.2, 0.25) is 0 Å². The molecular weight excluding hydrogens is 395 g/mol. The molecule has 0 aliphatic heterocycles. The van der Waals surface area contributed by atoms with Crippen molar-refractivity contribution in [3.63, 3.8) is 0 Å². The monoisotopic (exact) mass is 431 g/mol. The van der Waals surface area contributed by atoms with Crippen LogP contribution < -0.4 is 5.73 Å². The normalized spacial score (nSPS) is 13.4. The van der Waals surface area contributed by atoms with Gasteiger partial charge >= 0.3 is 12.1 Å². The zero-order valence-electron chi connectivity index (χ0n) is 18.8. The number of hydrogen-bond acceptors (Lipinski definition) is 4. The van der Waals surface area contributed by atoms with E-state index in [4.69, 9.17) is 15.2 Å². The minimum Gasteiger partial charge on any atom is -0.496 e. The van der Waals surface area contributed by atoms with E-state index in [1.165, 1.54) is 13.2 Å². The van der Waals surface area contributed by atoms with Gasteiger partial charge in [-0.25, -0.2) is 0 Å². The fraction of sp³-hybridized carbons (Fsp3) is 0.522. The van der Waals surface area contributed by atoms with E-state index in [0.717, 1.165) is 6.08 Å². The number of rotatable bonds is 12. The van der Waals surface area contributed by atoms with E-state index in [0.29, 0.717) is 35.3 Å². The number of allylic oxidation sites excluding steroid dienone is 6. The standard InChI is InChI=1S/C21H30F3NO3.C2H6/c1-5-9-17(16(15-25)13-14-21(22,23)24)18(19(27-4)10-6-2)11-8-12-20(26)28-7-3;1-2/h5,9-11,13H,1,6-8,12,14-15,25H2,2-4H3;1-2H3/b16-13-,17-9+,18-11-,19-10+;. The zero-order chi connectivity index (χ0) is 23.6. The molecule has 0 radical (unpaired) electrons. The third kappa shape index (κ3) is 13.0. The van der Waals surface area contributed by atoms with Crippen molar-refractivity contribution >= 4 is 5.97 Å². The number of alkyl halides is 3. The summed E-state index contributed by atoms with van der Waals surface area (Å²) < 4.78 is 48.4. The Morgan fingerprint density at radius 1 is 1.10 bits per heavy atom. The highest BCUT2D eigenvalue weighted by atomic mass is 19.4. The van der Waals surface area contributed by atoms with Crippen molar-refractivity contribution in [2.45, 2.75) is 59.6 Å². The van der Waals surface area contributed by atoms with Crippen LogP contribution in [0.3, 0.4) is 0 Å². The lowest BCUT2D eigenvalue weighted by Crippen LogP contribution is -2.12. The Morgan fingerprint density at radius 2 is 1.73 bits per heavy atom. The molecule has 4 nitrogen and oxygen atoms in total. The van der Waals surface area contributed by atoms with Crippen LogP contribution >= 0.6 is 0 Å². The zero-order valence-corrected chi connectivity index (χ0v) is 18.8. The van der Waals surface area contributed by atoms with Crippen molar-refractivity contribution in [1.82, 2.24) is 0 Å². The van der Waals surface area contributed by atoms with Crippen molar-refractivity contribution in [3.05, 3.63) is 59.4 Å². The number of methoxy groups -OCH3 is 1. The summed E-state index contributed by atoms with van der Waals surface area (Å²) in [4.78, 5) is 11.6. The molecule has 0 aromatic rings. The Hall–Kier alpha value is -2.28. The molecule has 0 atom stereocenters. The molecule has 0 heterocycles. The van der Waals surface area contributed by atoms with Crippen LogP contribution in [0.15, 0.2) is 59.4 Å². The average molecular weight is 432 g/mol. The highest BCUT2D eigenvalue weighted by molar-refractivity contribution is 5.69. The molecule has 0 saturated carbocycles. The van der Waals surface area contributed by atoms with Crippen molar-refractivity contribution in [2.75, 3.05) is 20.3 Å². The highest BCUT2D eigenvalue weighted by Gasteiger charge is 2.26. The van der Waals surface area contributed by atoms with Crippen LogP contribution in [0.25, 0.3) is 0 Å². The summed E-state index contributed by atoms with van der Waals surface area (Å²) in [5.41, 5.74) is 7.09. The van der Waals surface area contributed by atoms with Crippen molar-refractivity contribution in [1.29, 1.82) is 0 Å². The van der Waals surface area contributed by atoms with Gasteiger partial charge in [0, 0.05) is 18.5 Å². The first kappa shape index (κ1) is 29.9. The topological polar surface area (TPSA) is 61.5 Å². The molecule has 0 aromatic carbocycles. The molecule has 0 aromatic heterocycles. The van der Waals surface area contributed by atoms with Gasteiger partial charge in [0.05, 0.1) is 20.1 Å². The van der Waals surface area contributed by atoms with Crippen LogP contribution in [0.4, 0.5) is 13.2 Å². The predicted octanol–water partition coefficient (Wildman–Crippen LogP) is 6.17. The van der Waals surface area contributed by atoms with Crippen molar-refractivity contribution in [3.8, 4) is 0 Å². The van der Waals surface area contributed by atoms with Gasteiger partial charge < -0.3 is 15.2 Å². The first-order chi connectivity index (χ1) is 14.2. The maximum atomic E-state index is 12.7. The number of carbonyl (C=O) groups is 1. The van der Waals surface area contributed by atoms with Gasteiger partial charge in [-0.2, -0.15) is 13.2 Å². The summed E-state index contributed by atoms with van der Waals surface area (Å²) in [6.45, 7) is 11.5. The Kier molecular flexibility index (Phi) is 17.5. The number of esters is 1. The Morgan fingerprint density at radius 3 is 2.17 bits per heavy atom. The smallest absolute Gasteiger partial charge is 0.392 e. The molecule has 0 rings (SSSR count). The first-order valence-corrected chi connectivity index (χ1v) is 10.1. The summed E-state index contributed by atoms with van der Waals surface area (Å²) in [6, 6.07) is 0. The Bertz CT molecular complexity index is 630. The predicted molar refractivity (Wildman–Crippen MR) is 117 cm³/mol. The minimum atomic E-state index is -4.34. The Labute approximate surface area is 179 Å². The SMILES string of the molecule is C=C/C=C(C(=C/CCC(=O)OCC)/C(=C\CC)OC)\C(=C/CC(F)(F)F)CN.CC. The van der Waals surface area contributed by atoms with Crippen molar-refractivity contribution in [2.24, 2.45) is 5.73 Å². The van der Waals surface area contributed by atoms with E-state index < -0.39 is 12.6 Å². The minimum absolute atomic E-state index is 0.0892. The van der Waals surface area contributed by atoms with E-state index >= 15 is 0 Å². The van der Waals surface area contributed by atoms with Crippen LogP contribution in [0.5, 0.6) is 0 Å². The molecule has 0 unspecified atom stereocenters. The van der Waals surface area contributed by atoms with Gasteiger partial charge in [-0.1, -0.05) is 51.7 Å². The second kappa shape index (κ2) is 17.6. The number of halogens is 3. The van der Waals surface area contributed by atoms with E-state index in [-0.39, 0.29) is 25.5 Å². The van der Waals surface area contributed by atoms with E-state index in [9.17, 15) is 18.0 Å². The van der Waals surface area contributed by atoms with Gasteiger partial charge in [0.15, 0.2) is 0 Å². The fourth-order valence-corrected chi connectivity index (χ4v) is 2.43. The summed E-state index contributed by atoms with van der Waals surface area (Å²) >= 11 is 0. The molecule has 0 saturated heterocycles. The van der Waals surface area contributed by atoms with Crippen LogP contribution in [0, 0.1) is 0 Å². The summed E-state index contributed by atoms with van der Waals surface area (Å²) in [5.74, 6) is 0.142. The summed E-state index contributed by atoms with van der Waals surface area (Å²) in [6.07, 6.45) is 3.40. The van der Waals surface area contributed by atoms with Crippen molar-refractivity contribution < 1.29 is 27.4 Å². The second-order valence-electron chi connectivity index (χ2n) is 5.71. The molecule has 172 valence electrons. The lowest BCUT2D eigenvalue weighted by Gasteiger charge is -2.18. The molecular formula is C23H36F3NO3. The maximum absolute atomic E-state index is 12.7. The van der Waals surface area contributed by atoms with Crippen LogP contribution in [0.1, 0.15) is 53.4 Å². The van der Waals surface area contributed by atoms with Gasteiger partial charge in [0.25, 0.3) is 0 Å². The lowest BCUT2D eigenvalue weighted by molar-refractivity contribution is -0.143. The van der Waals surface area contributed by atoms with Gasteiger partial charge in [0.2, 0.25) is 0 Å². The molecule has 0 spiro atoms. The van der Waals surface area contributed by atoms with Crippen LogP contribution in [-0.4, -0.2) is 32.4 Å². The van der Waals surface area contributed by atoms with Gasteiger partial charge in [-0.3, -0.25) is 4.79 Å². The van der Waals surface area contributed by atoms with Gasteiger partial charge in [0.1, 0.15) is 5.76 Å². The van der Waals surface area contributed by atoms with E-state index in [1.54, 1.807) is 19.1 Å². The van der Waals surface area contributed by atoms with Gasteiger partial charge in [-0.15, -0.1) is 0 Å². The molecule has 30 heavy (non-hydrogen) atoms. The summed E-state index contributed by atoms with van der Waals surface area (Å²) in [5, 5.41) is 0. The molecule has 2 N–H and O–H groups in total. The number of hydrogen-bond donors (Lipinski definition) is 1. The molecule has 0 fully saturated rings. The largest absolute Gasteiger partial charge is 0.496 e. The number of carbonyl (C=O) groups excluding carboxylic acids is 1.